The van der Waals surface area contributed by atoms with Crippen LogP contribution in [0.15, 0.2) is 42.5 Å². The van der Waals surface area contributed by atoms with Crippen molar-refractivity contribution in [1.29, 1.82) is 0 Å². The van der Waals surface area contributed by atoms with Gasteiger partial charge in [-0.05, 0) is 30.7 Å². The van der Waals surface area contributed by atoms with Crippen LogP contribution in [0.1, 0.15) is 55.8 Å². The lowest BCUT2D eigenvalue weighted by atomic mass is 10.1. The molecule has 0 saturated heterocycles. The molecule has 0 aromatic heterocycles. The molecule has 2 aromatic carbocycles. The highest BCUT2D eigenvalue weighted by Crippen LogP contribution is 2.28. The summed E-state index contributed by atoms with van der Waals surface area (Å²) in [6, 6.07) is 10.6. The number of esters is 1. The van der Waals surface area contributed by atoms with Crippen LogP contribution in [-0.2, 0) is 0 Å². The zero-order valence-corrected chi connectivity index (χ0v) is 15.0. The summed E-state index contributed by atoms with van der Waals surface area (Å²) in [5.74, 6) is -3.74. The van der Waals surface area contributed by atoms with Gasteiger partial charge in [0.2, 0.25) is 11.6 Å². The van der Waals surface area contributed by atoms with E-state index >= 15 is 0 Å². The highest BCUT2D eigenvalue weighted by molar-refractivity contribution is 5.91. The third-order valence-electron chi connectivity index (χ3n) is 3.98. The van der Waals surface area contributed by atoms with Gasteiger partial charge in [-0.3, -0.25) is 0 Å². The van der Waals surface area contributed by atoms with Crippen molar-refractivity contribution >= 4 is 5.97 Å². The van der Waals surface area contributed by atoms with Gasteiger partial charge in [0.25, 0.3) is 0 Å². The Hall–Kier alpha value is -2.43. The topological polar surface area (TPSA) is 35.5 Å². The molecule has 5 heteroatoms. The maximum Gasteiger partial charge on any atom is 0.343 e. The van der Waals surface area contributed by atoms with E-state index in [1.165, 1.54) is 43.5 Å². The van der Waals surface area contributed by atoms with Gasteiger partial charge >= 0.3 is 5.97 Å². The monoisotopic (exact) mass is 362 g/mol. The summed E-state index contributed by atoms with van der Waals surface area (Å²) in [7, 11) is 0. The van der Waals surface area contributed by atoms with E-state index in [0.717, 1.165) is 19.3 Å². The minimum Gasteiger partial charge on any atom is -0.490 e. The molecule has 0 aliphatic heterocycles. The first kappa shape index (κ1) is 19.9. The molecule has 0 aliphatic rings. The van der Waals surface area contributed by atoms with Crippen LogP contribution in [0.2, 0.25) is 0 Å². The number of hydrogen-bond donors (Lipinski definition) is 0. The number of carbonyl (C=O) groups excluding carboxylic acids is 1. The van der Waals surface area contributed by atoms with Crippen LogP contribution in [0.3, 0.4) is 0 Å². The molecular weight excluding hydrogens is 338 g/mol. The van der Waals surface area contributed by atoms with E-state index in [4.69, 9.17) is 9.47 Å². The van der Waals surface area contributed by atoms with E-state index < -0.39 is 23.4 Å². The van der Waals surface area contributed by atoms with Gasteiger partial charge in [-0.1, -0.05) is 57.2 Å². The highest BCUT2D eigenvalue weighted by atomic mass is 19.2. The summed E-state index contributed by atoms with van der Waals surface area (Å²) in [6.45, 7) is 2.48. The van der Waals surface area contributed by atoms with Gasteiger partial charge in [0.15, 0.2) is 11.5 Å². The number of ether oxygens (including phenoxy) is 2. The second-order valence-electron chi connectivity index (χ2n) is 6.06. The summed E-state index contributed by atoms with van der Waals surface area (Å²) in [6.07, 6.45) is 6.47. The van der Waals surface area contributed by atoms with Gasteiger partial charge in [-0.15, -0.1) is 0 Å². The number of halogens is 2. The molecule has 0 unspecified atom stereocenters. The number of benzene rings is 2. The standard InChI is InChI=1S/C21H24F2O3/c1-2-3-4-5-6-10-15-25-17-13-14-18(20(23)19(17)22)26-21(24)16-11-8-7-9-12-16/h7-9,11-14H,2-6,10,15H2,1H3. The van der Waals surface area contributed by atoms with Crippen molar-refractivity contribution < 1.29 is 23.0 Å². The van der Waals surface area contributed by atoms with Crippen molar-refractivity contribution in [2.45, 2.75) is 45.4 Å². The first-order chi connectivity index (χ1) is 12.6. The Morgan fingerprint density at radius 1 is 0.846 bits per heavy atom. The average Bonchev–Trinajstić information content (AvgIpc) is 2.67. The van der Waals surface area contributed by atoms with Crippen molar-refractivity contribution in [2.24, 2.45) is 0 Å². The largest absolute Gasteiger partial charge is 0.490 e. The maximum atomic E-state index is 14.1. The zero-order valence-electron chi connectivity index (χ0n) is 15.0. The van der Waals surface area contributed by atoms with Crippen LogP contribution < -0.4 is 9.47 Å². The molecule has 3 nitrogen and oxygen atoms in total. The number of rotatable bonds is 10. The Balaban J connectivity index is 1.88. The summed E-state index contributed by atoms with van der Waals surface area (Å²) >= 11 is 0. The van der Waals surface area contributed by atoms with Gasteiger partial charge in [0.1, 0.15) is 0 Å². The fraction of sp³-hybridized carbons (Fsp3) is 0.381. The molecule has 0 atom stereocenters. The lowest BCUT2D eigenvalue weighted by Crippen LogP contribution is -2.10. The van der Waals surface area contributed by atoms with Crippen molar-refractivity contribution in [3.05, 3.63) is 59.7 Å². The molecule has 0 spiro atoms. The third-order valence-corrected chi connectivity index (χ3v) is 3.98. The smallest absolute Gasteiger partial charge is 0.343 e. The summed E-state index contributed by atoms with van der Waals surface area (Å²) in [5.41, 5.74) is 0.260. The van der Waals surface area contributed by atoms with E-state index in [-0.39, 0.29) is 11.3 Å². The van der Waals surface area contributed by atoms with E-state index in [1.807, 2.05) is 0 Å². The second kappa shape index (κ2) is 10.5. The van der Waals surface area contributed by atoms with Crippen LogP contribution >= 0.6 is 0 Å². The van der Waals surface area contributed by atoms with Gasteiger partial charge in [-0.25, -0.2) is 4.79 Å². The molecule has 2 rings (SSSR count). The molecule has 0 saturated carbocycles. The molecule has 0 N–H and O–H groups in total. The van der Waals surface area contributed by atoms with E-state index in [0.29, 0.717) is 6.61 Å². The lowest BCUT2D eigenvalue weighted by molar-refractivity contribution is 0.0726. The van der Waals surface area contributed by atoms with Gasteiger partial charge in [0.05, 0.1) is 12.2 Å². The summed E-state index contributed by atoms with van der Waals surface area (Å²) in [4.78, 5) is 11.9. The zero-order chi connectivity index (χ0) is 18.8. The van der Waals surface area contributed by atoms with Crippen LogP contribution in [0, 0.1) is 11.6 Å². The highest BCUT2D eigenvalue weighted by Gasteiger charge is 2.18. The van der Waals surface area contributed by atoms with Crippen molar-refractivity contribution in [2.75, 3.05) is 6.61 Å². The molecule has 0 aliphatic carbocycles. The normalized spacial score (nSPS) is 10.6. The van der Waals surface area contributed by atoms with E-state index in [1.54, 1.807) is 18.2 Å². The predicted octanol–water partition coefficient (Wildman–Crippen LogP) is 5.92. The van der Waals surface area contributed by atoms with E-state index in [2.05, 4.69) is 6.92 Å². The van der Waals surface area contributed by atoms with Crippen molar-refractivity contribution in [3.8, 4) is 11.5 Å². The molecular formula is C21H24F2O3. The molecule has 0 fully saturated rings. The van der Waals surface area contributed by atoms with Gasteiger partial charge < -0.3 is 9.47 Å². The van der Waals surface area contributed by atoms with E-state index in [9.17, 15) is 13.6 Å². The molecule has 0 radical (unpaired) electrons. The van der Waals surface area contributed by atoms with Crippen molar-refractivity contribution in [3.63, 3.8) is 0 Å². The van der Waals surface area contributed by atoms with Crippen LogP contribution in [0.5, 0.6) is 11.5 Å². The first-order valence-electron chi connectivity index (χ1n) is 9.01. The average molecular weight is 362 g/mol. The second-order valence-corrected chi connectivity index (χ2v) is 6.06. The van der Waals surface area contributed by atoms with Crippen LogP contribution in [0.25, 0.3) is 0 Å². The Morgan fingerprint density at radius 3 is 2.19 bits per heavy atom. The summed E-state index contributed by atoms with van der Waals surface area (Å²) < 4.78 is 38.5. The Labute approximate surface area is 152 Å². The third kappa shape index (κ3) is 5.83. The molecule has 140 valence electrons. The fourth-order valence-electron chi connectivity index (χ4n) is 2.50. The number of hydrogen-bond acceptors (Lipinski definition) is 3. The Morgan fingerprint density at radius 2 is 1.46 bits per heavy atom. The summed E-state index contributed by atoms with van der Waals surface area (Å²) in [5, 5.41) is 0. The minimum atomic E-state index is -1.23. The molecule has 0 heterocycles. The lowest BCUT2D eigenvalue weighted by Gasteiger charge is -2.10. The quantitative estimate of drug-likeness (QED) is 0.299. The predicted molar refractivity (Wildman–Crippen MR) is 96.6 cm³/mol. The van der Waals surface area contributed by atoms with Crippen molar-refractivity contribution in [1.82, 2.24) is 0 Å². The maximum absolute atomic E-state index is 14.1. The molecule has 0 bridgehead atoms. The van der Waals surface area contributed by atoms with Crippen LogP contribution in [0.4, 0.5) is 8.78 Å². The molecule has 2 aromatic rings. The molecule has 26 heavy (non-hydrogen) atoms. The Kier molecular flexibility index (Phi) is 8.06. The Bertz CT molecular complexity index is 702. The first-order valence-corrected chi connectivity index (χ1v) is 9.01. The SMILES string of the molecule is CCCCCCCCOc1ccc(OC(=O)c2ccccc2)c(F)c1F. The van der Waals surface area contributed by atoms with Gasteiger partial charge in [0, 0.05) is 0 Å². The van der Waals surface area contributed by atoms with Crippen LogP contribution in [-0.4, -0.2) is 12.6 Å². The minimum absolute atomic E-state index is 0.171. The molecule has 0 amide bonds. The number of unbranched alkanes of at least 4 members (excludes halogenated alkanes) is 5. The fourth-order valence-corrected chi connectivity index (χ4v) is 2.50. The number of carbonyl (C=O) groups is 1. The van der Waals surface area contributed by atoms with Gasteiger partial charge in [-0.2, -0.15) is 8.78 Å².